The van der Waals surface area contributed by atoms with Gasteiger partial charge in [-0.15, -0.1) is 11.8 Å². The van der Waals surface area contributed by atoms with Crippen molar-refractivity contribution in [3.63, 3.8) is 0 Å². The molecule has 0 unspecified atom stereocenters. The zero-order valence-corrected chi connectivity index (χ0v) is 15.4. The Hall–Kier alpha value is -1.39. The van der Waals surface area contributed by atoms with E-state index >= 15 is 0 Å². The molecule has 0 aromatic heterocycles. The maximum atomic E-state index is 12.5. The number of thioether (sulfide) groups is 1. The van der Waals surface area contributed by atoms with Crippen molar-refractivity contribution < 1.29 is 3.89 Å². The van der Waals surface area contributed by atoms with Gasteiger partial charge in [-0.2, -0.15) is 3.89 Å². The molecule has 0 aliphatic heterocycles. The van der Waals surface area contributed by atoms with Gasteiger partial charge in [-0.25, -0.2) is 0 Å². The summed E-state index contributed by atoms with van der Waals surface area (Å²) in [6.07, 6.45) is 0. The molecule has 4 heteroatoms. The molecule has 0 aliphatic rings. The van der Waals surface area contributed by atoms with Crippen LogP contribution < -0.4 is 5.32 Å². The van der Waals surface area contributed by atoms with Gasteiger partial charge in [0.25, 0.3) is 0 Å². The topological polar surface area (TPSA) is 12.0 Å². The fourth-order valence-electron chi connectivity index (χ4n) is 1.99. The molecular formula is C19H22FNS2. The van der Waals surface area contributed by atoms with E-state index in [0.717, 1.165) is 17.1 Å². The molecule has 0 saturated heterocycles. The second-order valence-corrected chi connectivity index (χ2v) is 7.87. The number of anilines is 1. The molecular weight excluding hydrogens is 325 g/mol. The third-order valence-electron chi connectivity index (χ3n) is 3.64. The van der Waals surface area contributed by atoms with Crippen molar-refractivity contribution in [2.24, 2.45) is 5.41 Å². The van der Waals surface area contributed by atoms with Crippen molar-refractivity contribution in [2.75, 3.05) is 11.1 Å². The van der Waals surface area contributed by atoms with Gasteiger partial charge < -0.3 is 5.32 Å². The molecule has 1 nitrogen and oxygen atoms in total. The molecule has 2 aromatic rings. The van der Waals surface area contributed by atoms with Gasteiger partial charge in [-0.1, -0.05) is 38.1 Å². The van der Waals surface area contributed by atoms with Crippen LogP contribution >= 0.6 is 23.9 Å². The third-order valence-corrected chi connectivity index (χ3v) is 5.55. The van der Waals surface area contributed by atoms with Gasteiger partial charge in [0.2, 0.25) is 0 Å². The van der Waals surface area contributed by atoms with Crippen LogP contribution in [-0.2, 0) is 0 Å². The lowest BCUT2D eigenvalue weighted by molar-refractivity contribution is 0.521. The van der Waals surface area contributed by atoms with Crippen LogP contribution in [0.15, 0.2) is 70.6 Å². The third kappa shape index (κ3) is 5.33. The summed E-state index contributed by atoms with van der Waals surface area (Å²) in [6.45, 7) is 10.7. The number of rotatable bonds is 7. The Morgan fingerprint density at radius 2 is 1.83 bits per heavy atom. The summed E-state index contributed by atoms with van der Waals surface area (Å²) in [5, 5.41) is 3.34. The first-order valence-electron chi connectivity index (χ1n) is 7.45. The highest BCUT2D eigenvalue weighted by atomic mass is 32.2. The Kier molecular flexibility index (Phi) is 6.19. The number of hydrogen-bond donors (Lipinski definition) is 1. The van der Waals surface area contributed by atoms with E-state index in [1.165, 1.54) is 10.5 Å². The lowest BCUT2D eigenvalue weighted by atomic mass is 9.92. The summed E-state index contributed by atoms with van der Waals surface area (Å²) in [6, 6.07) is 15.8. The van der Waals surface area contributed by atoms with Crippen molar-refractivity contribution >= 4 is 29.6 Å². The summed E-state index contributed by atoms with van der Waals surface area (Å²) in [5.41, 5.74) is 3.09. The molecule has 23 heavy (non-hydrogen) atoms. The Balaban J connectivity index is 1.95. The normalized spacial score (nSPS) is 11.3. The Labute approximate surface area is 147 Å². The molecule has 0 aliphatic carbocycles. The van der Waals surface area contributed by atoms with Crippen LogP contribution in [0.2, 0.25) is 0 Å². The maximum absolute atomic E-state index is 12.5. The summed E-state index contributed by atoms with van der Waals surface area (Å²) in [7, 11) is 0. The van der Waals surface area contributed by atoms with Gasteiger partial charge in [-0.3, -0.25) is 0 Å². The average Bonchev–Trinajstić information content (AvgIpc) is 2.54. The van der Waals surface area contributed by atoms with Crippen LogP contribution in [-0.4, -0.2) is 5.75 Å². The van der Waals surface area contributed by atoms with Crippen molar-refractivity contribution in [1.82, 2.24) is 0 Å². The predicted octanol–water partition coefficient (Wildman–Crippen LogP) is 6.72. The molecule has 1 N–H and O–H groups in total. The number of allylic oxidation sites excluding steroid dienone is 1. The second kappa shape index (κ2) is 7.93. The minimum atomic E-state index is -0.0675. The fourth-order valence-corrected chi connectivity index (χ4v) is 3.37. The van der Waals surface area contributed by atoms with E-state index < -0.39 is 0 Å². The molecule has 122 valence electrons. The smallest absolute Gasteiger partial charge is 0.0812 e. The Morgan fingerprint density at radius 3 is 2.43 bits per heavy atom. The first kappa shape index (κ1) is 18.0. The number of nitrogens with one attached hydrogen (secondary N) is 1. The van der Waals surface area contributed by atoms with Crippen LogP contribution in [0.25, 0.3) is 0 Å². The molecule has 0 atom stereocenters. The van der Waals surface area contributed by atoms with E-state index in [0.29, 0.717) is 4.90 Å². The van der Waals surface area contributed by atoms with Gasteiger partial charge in [0.15, 0.2) is 0 Å². The maximum Gasteiger partial charge on any atom is 0.0812 e. The highest BCUT2D eigenvalue weighted by Crippen LogP contribution is 2.34. The number of aryl methyl sites for hydroxylation is 1. The van der Waals surface area contributed by atoms with Crippen molar-refractivity contribution in [3.8, 4) is 0 Å². The van der Waals surface area contributed by atoms with Gasteiger partial charge in [0.1, 0.15) is 0 Å². The van der Waals surface area contributed by atoms with Crippen molar-refractivity contribution in [2.45, 2.75) is 30.6 Å². The molecule has 0 radical (unpaired) electrons. The largest absolute Gasteiger partial charge is 0.359 e. The second-order valence-electron chi connectivity index (χ2n) is 6.19. The van der Waals surface area contributed by atoms with Crippen LogP contribution in [0, 0.1) is 12.3 Å². The zero-order valence-electron chi connectivity index (χ0n) is 13.7. The standard InChI is InChI=1S/C19H22FNS2/c1-14-6-5-7-18(12-14)22-13-19(3,4)15(2)21-16-8-10-17(23-20)11-9-16/h5-12,21H,2,13H2,1,3-4H3. The predicted molar refractivity (Wildman–Crippen MR) is 102 cm³/mol. The van der Waals surface area contributed by atoms with E-state index in [-0.39, 0.29) is 17.6 Å². The molecule has 2 rings (SSSR count). The minimum Gasteiger partial charge on any atom is -0.359 e. The summed E-state index contributed by atoms with van der Waals surface area (Å²) < 4.78 is 12.5. The highest BCUT2D eigenvalue weighted by molar-refractivity contribution is 7.99. The zero-order chi connectivity index (χ0) is 16.9. The lowest BCUT2D eigenvalue weighted by Gasteiger charge is -2.28. The van der Waals surface area contributed by atoms with E-state index in [1.807, 2.05) is 23.9 Å². The van der Waals surface area contributed by atoms with E-state index in [2.05, 4.69) is 56.9 Å². The fraction of sp³-hybridized carbons (Fsp3) is 0.263. The van der Waals surface area contributed by atoms with Gasteiger partial charge in [-0.05, 0) is 43.3 Å². The Morgan fingerprint density at radius 1 is 1.13 bits per heavy atom. The van der Waals surface area contributed by atoms with Crippen LogP contribution in [0.5, 0.6) is 0 Å². The number of halogens is 1. The summed E-state index contributed by atoms with van der Waals surface area (Å²) in [5.74, 6) is 0.931. The van der Waals surface area contributed by atoms with Crippen LogP contribution in [0.3, 0.4) is 0 Å². The number of hydrogen-bond acceptors (Lipinski definition) is 3. The lowest BCUT2D eigenvalue weighted by Crippen LogP contribution is -2.22. The van der Waals surface area contributed by atoms with Crippen molar-refractivity contribution in [1.29, 1.82) is 0 Å². The number of benzene rings is 2. The van der Waals surface area contributed by atoms with Crippen LogP contribution in [0.4, 0.5) is 9.57 Å². The molecule has 0 heterocycles. The van der Waals surface area contributed by atoms with Gasteiger partial charge >= 0.3 is 0 Å². The quantitative estimate of drug-likeness (QED) is 0.559. The van der Waals surface area contributed by atoms with E-state index in [4.69, 9.17) is 0 Å². The molecule has 0 saturated carbocycles. The van der Waals surface area contributed by atoms with Gasteiger partial charge in [0, 0.05) is 32.3 Å². The Bertz CT molecular complexity index is 665. The summed E-state index contributed by atoms with van der Waals surface area (Å²) in [4.78, 5) is 1.88. The first-order valence-corrected chi connectivity index (χ1v) is 9.15. The van der Waals surface area contributed by atoms with E-state index in [1.54, 1.807) is 12.1 Å². The first-order chi connectivity index (χ1) is 10.9. The summed E-state index contributed by atoms with van der Waals surface area (Å²) >= 11 is 2.09. The monoisotopic (exact) mass is 347 g/mol. The van der Waals surface area contributed by atoms with Crippen molar-refractivity contribution in [3.05, 3.63) is 66.4 Å². The molecule has 0 spiro atoms. The minimum absolute atomic E-state index is 0.0675. The highest BCUT2D eigenvalue weighted by Gasteiger charge is 2.22. The molecule has 0 bridgehead atoms. The average molecular weight is 348 g/mol. The SMILES string of the molecule is C=C(Nc1ccc(SF)cc1)C(C)(C)CSc1cccc(C)c1. The van der Waals surface area contributed by atoms with Crippen LogP contribution in [0.1, 0.15) is 19.4 Å². The van der Waals surface area contributed by atoms with Gasteiger partial charge in [0.05, 0.1) is 12.1 Å². The van der Waals surface area contributed by atoms with E-state index in [9.17, 15) is 3.89 Å². The molecule has 0 amide bonds. The molecule has 0 fully saturated rings. The molecule has 2 aromatic carbocycles.